The molecule has 4 rings (SSSR count). The largest absolute Gasteiger partial charge is 0.351 e. The van der Waals surface area contributed by atoms with E-state index < -0.39 is 11.2 Å². The van der Waals surface area contributed by atoms with Crippen molar-refractivity contribution in [3.8, 4) is 0 Å². The minimum absolute atomic E-state index is 0.0134. The molecule has 0 bridgehead atoms. The fourth-order valence-corrected chi connectivity index (χ4v) is 3.95. The minimum atomic E-state index is -0.639. The predicted octanol–water partition coefficient (Wildman–Crippen LogP) is 1.12. The number of hydrogen-bond acceptors (Lipinski definition) is 7. The first-order valence-corrected chi connectivity index (χ1v) is 10.9. The van der Waals surface area contributed by atoms with Crippen molar-refractivity contribution in [2.45, 2.75) is 40.2 Å². The first kappa shape index (κ1) is 22.4. The third kappa shape index (κ3) is 4.06. The molecule has 1 fully saturated rings. The van der Waals surface area contributed by atoms with Gasteiger partial charge < -0.3 is 14.3 Å². The molecule has 1 saturated heterocycles. The van der Waals surface area contributed by atoms with Crippen LogP contribution in [-0.2, 0) is 6.54 Å². The molecule has 3 aromatic rings. The Kier molecular flexibility index (Phi) is 5.88. The molecule has 0 spiro atoms. The van der Waals surface area contributed by atoms with Gasteiger partial charge in [0.25, 0.3) is 17.4 Å². The Labute approximate surface area is 189 Å². The van der Waals surface area contributed by atoms with E-state index in [2.05, 4.69) is 15.1 Å². The average Bonchev–Trinajstić information content (AvgIpc) is 3.23. The number of rotatable bonds is 4. The van der Waals surface area contributed by atoms with Crippen LogP contribution in [0.4, 0.5) is 0 Å². The molecule has 1 aliphatic heterocycles. The zero-order chi connectivity index (χ0) is 23.9. The van der Waals surface area contributed by atoms with Gasteiger partial charge >= 0.3 is 5.69 Å². The first-order chi connectivity index (χ1) is 15.7. The molecule has 0 saturated carbocycles. The van der Waals surface area contributed by atoms with E-state index in [4.69, 9.17) is 4.52 Å². The Morgan fingerprint density at radius 2 is 1.73 bits per heavy atom. The zero-order valence-corrected chi connectivity index (χ0v) is 19.0. The van der Waals surface area contributed by atoms with Gasteiger partial charge in [0.15, 0.2) is 5.65 Å². The minimum Gasteiger partial charge on any atom is -0.351 e. The van der Waals surface area contributed by atoms with Crippen LogP contribution in [0.15, 0.2) is 26.2 Å². The van der Waals surface area contributed by atoms with Crippen molar-refractivity contribution in [3.05, 3.63) is 55.7 Å². The van der Waals surface area contributed by atoms with Gasteiger partial charge in [-0.15, -0.1) is 0 Å². The number of amides is 2. The van der Waals surface area contributed by atoms with Gasteiger partial charge in [-0.05, 0) is 25.8 Å². The summed E-state index contributed by atoms with van der Waals surface area (Å²) in [5, 5.41) is 3.84. The summed E-state index contributed by atoms with van der Waals surface area (Å²) in [5.74, 6) is -0.459. The quantitative estimate of drug-likeness (QED) is 0.624. The Balaban J connectivity index is 1.66. The van der Waals surface area contributed by atoms with Gasteiger partial charge in [0.1, 0.15) is 0 Å². The molecule has 4 heterocycles. The fourth-order valence-electron chi connectivity index (χ4n) is 3.95. The monoisotopic (exact) mass is 454 g/mol. The highest BCUT2D eigenvalue weighted by Gasteiger charge is 2.29. The Bertz CT molecular complexity index is 1340. The van der Waals surface area contributed by atoms with Crippen molar-refractivity contribution in [1.29, 1.82) is 0 Å². The van der Waals surface area contributed by atoms with E-state index in [1.54, 1.807) is 35.8 Å². The van der Waals surface area contributed by atoms with Crippen LogP contribution in [-0.4, -0.2) is 67.5 Å². The number of carbonyl (C=O) groups excluding carboxylic acids is 2. The molecular formula is C22H26N6O5. The predicted molar refractivity (Wildman–Crippen MR) is 119 cm³/mol. The van der Waals surface area contributed by atoms with Gasteiger partial charge in [-0.1, -0.05) is 19.0 Å². The topological polar surface area (TPSA) is 134 Å². The summed E-state index contributed by atoms with van der Waals surface area (Å²) in [7, 11) is 0. The second-order valence-electron chi connectivity index (χ2n) is 8.37. The van der Waals surface area contributed by atoms with Crippen LogP contribution in [0.1, 0.15) is 59.0 Å². The van der Waals surface area contributed by atoms with Gasteiger partial charge in [-0.2, -0.15) is 0 Å². The second-order valence-corrected chi connectivity index (χ2v) is 8.37. The van der Waals surface area contributed by atoms with Crippen LogP contribution in [0.3, 0.4) is 0 Å². The van der Waals surface area contributed by atoms with Crippen molar-refractivity contribution >= 4 is 22.8 Å². The molecule has 0 aliphatic carbocycles. The zero-order valence-electron chi connectivity index (χ0n) is 19.0. The molecule has 2 amide bonds. The van der Waals surface area contributed by atoms with Crippen molar-refractivity contribution < 1.29 is 14.1 Å². The highest BCUT2D eigenvalue weighted by molar-refractivity contribution is 6.05. The van der Waals surface area contributed by atoms with E-state index in [9.17, 15) is 19.2 Å². The van der Waals surface area contributed by atoms with Crippen LogP contribution in [0, 0.1) is 6.92 Å². The maximum atomic E-state index is 13.5. The molecule has 174 valence electrons. The summed E-state index contributed by atoms with van der Waals surface area (Å²) in [6.45, 7) is 8.90. The van der Waals surface area contributed by atoms with Gasteiger partial charge in [0.05, 0.1) is 16.6 Å². The van der Waals surface area contributed by atoms with Gasteiger partial charge in [0.2, 0.25) is 5.76 Å². The number of nitrogens with one attached hydrogen (secondary N) is 1. The number of piperazine rings is 1. The lowest BCUT2D eigenvalue weighted by Crippen LogP contribution is -2.50. The summed E-state index contributed by atoms with van der Waals surface area (Å²) < 4.78 is 6.41. The van der Waals surface area contributed by atoms with E-state index in [0.29, 0.717) is 44.1 Å². The van der Waals surface area contributed by atoms with Crippen LogP contribution in [0.5, 0.6) is 0 Å². The summed E-state index contributed by atoms with van der Waals surface area (Å²) in [6, 6.07) is 3.21. The lowest BCUT2D eigenvalue weighted by atomic mass is 10.0. The van der Waals surface area contributed by atoms with Crippen LogP contribution < -0.4 is 11.2 Å². The number of H-pyrrole nitrogens is 1. The number of aromatic nitrogens is 4. The summed E-state index contributed by atoms with van der Waals surface area (Å²) >= 11 is 0. The summed E-state index contributed by atoms with van der Waals surface area (Å²) in [4.78, 5) is 61.1. The van der Waals surface area contributed by atoms with Gasteiger partial charge in [-0.25, -0.2) is 9.78 Å². The molecule has 0 unspecified atom stereocenters. The Hall–Kier alpha value is -3.76. The maximum Gasteiger partial charge on any atom is 0.329 e. The molecule has 11 nitrogen and oxygen atoms in total. The third-order valence-corrected chi connectivity index (χ3v) is 5.80. The number of pyridine rings is 1. The summed E-state index contributed by atoms with van der Waals surface area (Å²) in [5.41, 5.74) is 0.450. The van der Waals surface area contributed by atoms with Crippen molar-refractivity contribution in [1.82, 2.24) is 29.5 Å². The van der Waals surface area contributed by atoms with E-state index >= 15 is 0 Å². The lowest BCUT2D eigenvalue weighted by molar-refractivity contribution is 0.0513. The Morgan fingerprint density at radius 1 is 1.09 bits per heavy atom. The number of hydrogen-bond donors (Lipinski definition) is 1. The smallest absolute Gasteiger partial charge is 0.329 e. The third-order valence-electron chi connectivity index (χ3n) is 5.80. The maximum absolute atomic E-state index is 13.5. The number of fused-ring (bicyclic) bond motifs is 1. The van der Waals surface area contributed by atoms with E-state index in [0.717, 1.165) is 0 Å². The van der Waals surface area contributed by atoms with E-state index in [1.807, 2.05) is 13.8 Å². The number of aromatic amines is 1. The highest BCUT2D eigenvalue weighted by atomic mass is 16.5. The molecule has 3 aromatic heterocycles. The molecule has 0 radical (unpaired) electrons. The molecular weight excluding hydrogens is 428 g/mol. The van der Waals surface area contributed by atoms with Crippen LogP contribution >= 0.6 is 0 Å². The van der Waals surface area contributed by atoms with Gasteiger partial charge in [0, 0.05) is 44.5 Å². The van der Waals surface area contributed by atoms with Crippen molar-refractivity contribution in [3.63, 3.8) is 0 Å². The van der Waals surface area contributed by atoms with E-state index in [-0.39, 0.29) is 40.1 Å². The standard InChI is InChI=1S/C22H26N6O5/c1-5-28-18-17(19(29)24-22(28)32)14(11-15(23-18)12(2)3)20(30)26-6-8-27(9-7-26)21(31)16-10-13(4)25-33-16/h10-12H,5-9H2,1-4H3,(H,24,29,32). The van der Waals surface area contributed by atoms with Crippen LogP contribution in [0.2, 0.25) is 0 Å². The molecule has 33 heavy (non-hydrogen) atoms. The second kappa shape index (κ2) is 8.64. The van der Waals surface area contributed by atoms with Crippen LogP contribution in [0.25, 0.3) is 11.0 Å². The molecule has 1 N–H and O–H groups in total. The highest BCUT2D eigenvalue weighted by Crippen LogP contribution is 2.22. The molecule has 11 heteroatoms. The van der Waals surface area contributed by atoms with Crippen molar-refractivity contribution in [2.24, 2.45) is 0 Å². The Morgan fingerprint density at radius 3 is 2.27 bits per heavy atom. The fraction of sp³-hybridized carbons (Fsp3) is 0.455. The average molecular weight is 454 g/mol. The number of carbonyl (C=O) groups is 2. The molecule has 0 aromatic carbocycles. The first-order valence-electron chi connectivity index (χ1n) is 10.9. The van der Waals surface area contributed by atoms with E-state index in [1.165, 1.54) is 4.57 Å². The molecule has 1 aliphatic rings. The summed E-state index contributed by atoms with van der Waals surface area (Å²) in [6.07, 6.45) is 0. The van der Waals surface area contributed by atoms with Gasteiger partial charge in [-0.3, -0.25) is 23.9 Å². The SMILES string of the molecule is CCn1c(=O)[nH]c(=O)c2c(C(=O)N3CCN(C(=O)c4cc(C)no4)CC3)cc(C(C)C)nc21. The molecule has 0 atom stereocenters. The van der Waals surface area contributed by atoms with Crippen molar-refractivity contribution in [2.75, 3.05) is 26.2 Å². The lowest BCUT2D eigenvalue weighted by Gasteiger charge is -2.34. The number of nitrogens with zero attached hydrogens (tertiary/aromatic N) is 5. The number of aryl methyl sites for hydroxylation is 2. The normalized spacial score (nSPS) is 14.3.